The van der Waals surface area contributed by atoms with E-state index in [4.69, 9.17) is 16.7 Å². The van der Waals surface area contributed by atoms with E-state index in [0.717, 1.165) is 0 Å². The molecular weight excluding hydrogens is 218 g/mol. The minimum absolute atomic E-state index is 0.0437. The topological polar surface area (TPSA) is 67.3 Å². The second-order valence-corrected chi connectivity index (χ2v) is 3.36. The summed E-state index contributed by atoms with van der Waals surface area (Å²) in [6, 6.07) is 3.02. The van der Waals surface area contributed by atoms with Crippen molar-refractivity contribution in [1.82, 2.24) is 4.98 Å². The van der Waals surface area contributed by atoms with Gasteiger partial charge in [0, 0.05) is 6.20 Å². The van der Waals surface area contributed by atoms with Crippen molar-refractivity contribution in [3.63, 3.8) is 0 Å². The van der Waals surface area contributed by atoms with Crippen molar-refractivity contribution in [2.24, 2.45) is 5.92 Å². The summed E-state index contributed by atoms with van der Waals surface area (Å²) in [5.41, 5.74) is 0.161. The molecule has 1 N–H and O–H groups in total. The Balaban J connectivity index is 3.03. The molecule has 80 valence electrons. The van der Waals surface area contributed by atoms with Gasteiger partial charge in [-0.15, -0.1) is 0 Å². The highest BCUT2D eigenvalue weighted by atomic mass is 35.5. The Morgan fingerprint density at radius 1 is 1.60 bits per heavy atom. The maximum atomic E-state index is 11.7. The number of hydrogen-bond donors (Lipinski definition) is 1. The number of rotatable bonds is 4. The molecule has 1 rings (SSSR count). The molecule has 0 aromatic carbocycles. The summed E-state index contributed by atoms with van der Waals surface area (Å²) in [7, 11) is 0. The molecule has 0 fully saturated rings. The van der Waals surface area contributed by atoms with Gasteiger partial charge in [0.2, 0.25) is 0 Å². The molecule has 1 aromatic rings. The highest BCUT2D eigenvalue weighted by Gasteiger charge is 2.26. The first kappa shape index (κ1) is 11.7. The zero-order valence-corrected chi connectivity index (χ0v) is 8.86. The van der Waals surface area contributed by atoms with Crippen LogP contribution < -0.4 is 0 Å². The molecule has 0 spiro atoms. The number of aliphatic carboxylic acids is 1. The summed E-state index contributed by atoms with van der Waals surface area (Å²) in [6.45, 7) is 1.64. The molecule has 1 aromatic heterocycles. The Labute approximate surface area is 91.9 Å². The third-order valence-electron chi connectivity index (χ3n) is 2.05. The van der Waals surface area contributed by atoms with E-state index in [9.17, 15) is 9.59 Å². The van der Waals surface area contributed by atoms with Crippen LogP contribution in [0.15, 0.2) is 18.3 Å². The van der Waals surface area contributed by atoms with Crippen molar-refractivity contribution in [2.45, 2.75) is 13.3 Å². The molecule has 0 bridgehead atoms. The second-order valence-electron chi connectivity index (χ2n) is 3.01. The van der Waals surface area contributed by atoms with Crippen molar-refractivity contribution < 1.29 is 14.7 Å². The largest absolute Gasteiger partial charge is 0.481 e. The SMILES string of the molecule is CCC(C(=O)O)C(=O)c1cccnc1Cl. The lowest BCUT2D eigenvalue weighted by Gasteiger charge is -2.08. The number of carbonyl (C=O) groups is 2. The predicted molar refractivity (Wildman–Crippen MR) is 55.0 cm³/mol. The van der Waals surface area contributed by atoms with Crippen LogP contribution in [0.4, 0.5) is 0 Å². The molecule has 0 aliphatic heterocycles. The molecule has 0 amide bonds. The molecule has 0 aliphatic carbocycles. The minimum atomic E-state index is -1.14. The summed E-state index contributed by atoms with van der Waals surface area (Å²) in [5, 5.41) is 8.86. The van der Waals surface area contributed by atoms with Crippen molar-refractivity contribution in [3.8, 4) is 0 Å². The molecule has 1 atom stereocenters. The molecule has 0 radical (unpaired) electrons. The van der Waals surface area contributed by atoms with Crippen LogP contribution in [-0.2, 0) is 4.79 Å². The van der Waals surface area contributed by atoms with E-state index >= 15 is 0 Å². The normalized spacial score (nSPS) is 12.1. The minimum Gasteiger partial charge on any atom is -0.481 e. The molecule has 0 saturated heterocycles. The Bertz CT molecular complexity index is 392. The third-order valence-corrected chi connectivity index (χ3v) is 2.35. The zero-order chi connectivity index (χ0) is 11.4. The van der Waals surface area contributed by atoms with Crippen molar-refractivity contribution in [1.29, 1.82) is 0 Å². The van der Waals surface area contributed by atoms with Crippen LogP contribution in [0.1, 0.15) is 23.7 Å². The van der Waals surface area contributed by atoms with E-state index < -0.39 is 17.7 Å². The number of hydrogen-bond acceptors (Lipinski definition) is 3. The number of pyridine rings is 1. The second kappa shape index (κ2) is 4.89. The van der Waals surface area contributed by atoms with Gasteiger partial charge in [-0.05, 0) is 18.6 Å². The number of Topliss-reactive ketones (excluding diaryl/α,β-unsaturated/α-hetero) is 1. The first-order chi connectivity index (χ1) is 7.07. The van der Waals surface area contributed by atoms with E-state index in [0.29, 0.717) is 0 Å². The Hall–Kier alpha value is -1.42. The van der Waals surface area contributed by atoms with Crippen molar-refractivity contribution in [2.75, 3.05) is 0 Å². The fraction of sp³-hybridized carbons (Fsp3) is 0.300. The Morgan fingerprint density at radius 2 is 2.27 bits per heavy atom. The number of aromatic nitrogens is 1. The Kier molecular flexibility index (Phi) is 3.80. The van der Waals surface area contributed by atoms with E-state index in [1.165, 1.54) is 12.3 Å². The fourth-order valence-electron chi connectivity index (χ4n) is 1.23. The van der Waals surface area contributed by atoms with Gasteiger partial charge in [0.15, 0.2) is 5.78 Å². The van der Waals surface area contributed by atoms with Crippen LogP contribution in [0.25, 0.3) is 0 Å². The average molecular weight is 228 g/mol. The Morgan fingerprint density at radius 3 is 2.73 bits per heavy atom. The number of carbonyl (C=O) groups excluding carboxylic acids is 1. The summed E-state index contributed by atoms with van der Waals surface area (Å²) >= 11 is 5.70. The van der Waals surface area contributed by atoms with Gasteiger partial charge < -0.3 is 5.11 Å². The first-order valence-corrected chi connectivity index (χ1v) is 4.83. The van der Waals surface area contributed by atoms with Gasteiger partial charge in [0.1, 0.15) is 11.1 Å². The molecule has 5 heteroatoms. The highest BCUT2D eigenvalue weighted by Crippen LogP contribution is 2.18. The molecule has 1 heterocycles. The quantitative estimate of drug-likeness (QED) is 0.486. The highest BCUT2D eigenvalue weighted by molar-refractivity contribution is 6.33. The van der Waals surface area contributed by atoms with E-state index in [2.05, 4.69) is 4.98 Å². The van der Waals surface area contributed by atoms with Crippen LogP contribution in [0.5, 0.6) is 0 Å². The maximum Gasteiger partial charge on any atom is 0.314 e. The molecule has 0 aliphatic rings. The standard InChI is InChI=1S/C10H10ClNO3/c1-2-6(10(14)15)8(13)7-4-3-5-12-9(7)11/h3-6H,2H2,1H3,(H,14,15). The lowest BCUT2D eigenvalue weighted by molar-refractivity contribution is -0.140. The monoisotopic (exact) mass is 227 g/mol. The van der Waals surface area contributed by atoms with Gasteiger partial charge in [0.05, 0.1) is 5.56 Å². The molecular formula is C10H10ClNO3. The average Bonchev–Trinajstić information content (AvgIpc) is 2.18. The van der Waals surface area contributed by atoms with Crippen LogP contribution in [-0.4, -0.2) is 21.8 Å². The summed E-state index contributed by atoms with van der Waals surface area (Å²) < 4.78 is 0. The van der Waals surface area contributed by atoms with Gasteiger partial charge in [-0.3, -0.25) is 9.59 Å². The molecule has 1 unspecified atom stereocenters. The number of ketones is 1. The van der Waals surface area contributed by atoms with Crippen LogP contribution in [0, 0.1) is 5.92 Å². The lowest BCUT2D eigenvalue weighted by atomic mass is 9.96. The number of halogens is 1. The fourth-order valence-corrected chi connectivity index (χ4v) is 1.44. The van der Waals surface area contributed by atoms with Crippen molar-refractivity contribution in [3.05, 3.63) is 29.0 Å². The smallest absolute Gasteiger partial charge is 0.314 e. The maximum absolute atomic E-state index is 11.7. The number of nitrogens with zero attached hydrogens (tertiary/aromatic N) is 1. The van der Waals surface area contributed by atoms with Crippen molar-refractivity contribution >= 4 is 23.4 Å². The van der Waals surface area contributed by atoms with Crippen LogP contribution in [0.2, 0.25) is 5.15 Å². The van der Waals surface area contributed by atoms with Crippen LogP contribution in [0.3, 0.4) is 0 Å². The van der Waals surface area contributed by atoms with E-state index in [1.807, 2.05) is 0 Å². The molecule has 4 nitrogen and oxygen atoms in total. The van der Waals surface area contributed by atoms with Gasteiger partial charge in [-0.25, -0.2) is 4.98 Å². The zero-order valence-electron chi connectivity index (χ0n) is 8.11. The van der Waals surface area contributed by atoms with E-state index in [1.54, 1.807) is 13.0 Å². The first-order valence-electron chi connectivity index (χ1n) is 4.45. The van der Waals surface area contributed by atoms with Gasteiger partial charge >= 0.3 is 5.97 Å². The van der Waals surface area contributed by atoms with Gasteiger partial charge in [-0.2, -0.15) is 0 Å². The number of carboxylic acids is 1. The molecule has 15 heavy (non-hydrogen) atoms. The predicted octanol–water partition coefficient (Wildman–Crippen LogP) is 2.03. The number of carboxylic acid groups (broad SMARTS) is 1. The third kappa shape index (κ3) is 2.53. The summed E-state index contributed by atoms with van der Waals surface area (Å²) in [4.78, 5) is 26.2. The van der Waals surface area contributed by atoms with Gasteiger partial charge in [0.25, 0.3) is 0 Å². The summed E-state index contributed by atoms with van der Waals surface area (Å²) in [6.07, 6.45) is 1.68. The van der Waals surface area contributed by atoms with E-state index in [-0.39, 0.29) is 17.1 Å². The molecule has 0 saturated carbocycles. The van der Waals surface area contributed by atoms with Crippen LogP contribution >= 0.6 is 11.6 Å². The summed E-state index contributed by atoms with van der Waals surface area (Å²) in [5.74, 6) is -2.68. The lowest BCUT2D eigenvalue weighted by Crippen LogP contribution is -2.23. The van der Waals surface area contributed by atoms with Gasteiger partial charge in [-0.1, -0.05) is 18.5 Å².